The van der Waals surface area contributed by atoms with Crippen molar-refractivity contribution >= 4 is 28.4 Å². The number of benzene rings is 1. The van der Waals surface area contributed by atoms with Crippen LogP contribution in [-0.2, 0) is 4.74 Å². The maximum absolute atomic E-state index is 12.4. The highest BCUT2D eigenvalue weighted by Gasteiger charge is 2.24. The molecule has 0 fully saturated rings. The van der Waals surface area contributed by atoms with Crippen molar-refractivity contribution in [3.05, 3.63) is 48.2 Å². The lowest BCUT2D eigenvalue weighted by atomic mass is 10.1. The monoisotopic (exact) mass is 337 g/mol. The van der Waals surface area contributed by atoms with Gasteiger partial charge in [-0.15, -0.1) is 0 Å². The molecule has 25 heavy (non-hydrogen) atoms. The zero-order valence-corrected chi connectivity index (χ0v) is 14.0. The standard InChI is InChI=1S/C19H19N3O3/c1-2-24-19(23)14-6-3-4-7-15(14)22-10-5-11-25-18-16(22)12-13-8-9-20-17(13)21-18/h3-4,6-9,12H,2,5,10-11H2,1H3,(H,20,21). The Hall–Kier alpha value is -3.02. The molecule has 0 unspecified atom stereocenters. The molecule has 0 saturated heterocycles. The highest BCUT2D eigenvalue weighted by Crippen LogP contribution is 2.38. The summed E-state index contributed by atoms with van der Waals surface area (Å²) in [5.41, 5.74) is 3.01. The van der Waals surface area contributed by atoms with E-state index in [4.69, 9.17) is 9.47 Å². The average molecular weight is 337 g/mol. The summed E-state index contributed by atoms with van der Waals surface area (Å²) in [4.78, 5) is 22.2. The van der Waals surface area contributed by atoms with Gasteiger partial charge in [-0.2, -0.15) is 4.98 Å². The van der Waals surface area contributed by atoms with Crippen molar-refractivity contribution in [3.8, 4) is 5.88 Å². The van der Waals surface area contributed by atoms with E-state index in [1.165, 1.54) is 0 Å². The third-order valence-corrected chi connectivity index (χ3v) is 4.23. The largest absolute Gasteiger partial charge is 0.476 e. The first-order valence-electron chi connectivity index (χ1n) is 8.42. The second kappa shape index (κ2) is 6.47. The normalized spacial score (nSPS) is 13.9. The summed E-state index contributed by atoms with van der Waals surface area (Å²) >= 11 is 0. The Kier molecular flexibility index (Phi) is 4.01. The average Bonchev–Trinajstić information content (AvgIpc) is 2.99. The number of hydrogen-bond donors (Lipinski definition) is 1. The van der Waals surface area contributed by atoms with Crippen LogP contribution in [-0.4, -0.2) is 35.7 Å². The molecule has 0 saturated carbocycles. The number of aromatic nitrogens is 2. The molecule has 3 heterocycles. The van der Waals surface area contributed by atoms with E-state index in [9.17, 15) is 4.79 Å². The summed E-state index contributed by atoms with van der Waals surface area (Å²) < 4.78 is 11.1. The lowest BCUT2D eigenvalue weighted by Gasteiger charge is -2.25. The number of aromatic amines is 1. The van der Waals surface area contributed by atoms with Crippen LogP contribution >= 0.6 is 0 Å². The molecule has 0 spiro atoms. The number of esters is 1. The first kappa shape index (κ1) is 15.5. The van der Waals surface area contributed by atoms with Crippen molar-refractivity contribution in [2.45, 2.75) is 13.3 Å². The molecule has 1 aliphatic rings. The van der Waals surface area contributed by atoms with Crippen molar-refractivity contribution in [2.75, 3.05) is 24.7 Å². The van der Waals surface area contributed by atoms with Gasteiger partial charge in [0.15, 0.2) is 0 Å². The Morgan fingerprint density at radius 1 is 1.32 bits per heavy atom. The van der Waals surface area contributed by atoms with E-state index in [1.54, 1.807) is 6.07 Å². The van der Waals surface area contributed by atoms with Gasteiger partial charge in [-0.25, -0.2) is 4.79 Å². The molecule has 1 N–H and O–H groups in total. The van der Waals surface area contributed by atoms with Crippen molar-refractivity contribution in [3.63, 3.8) is 0 Å². The lowest BCUT2D eigenvalue weighted by Crippen LogP contribution is -2.21. The smallest absolute Gasteiger partial charge is 0.340 e. The summed E-state index contributed by atoms with van der Waals surface area (Å²) in [5, 5.41) is 1.00. The minimum absolute atomic E-state index is 0.319. The van der Waals surface area contributed by atoms with Crippen molar-refractivity contribution in [2.24, 2.45) is 0 Å². The molecule has 6 nitrogen and oxygen atoms in total. The third kappa shape index (κ3) is 2.80. The van der Waals surface area contributed by atoms with Gasteiger partial charge in [-0.1, -0.05) is 12.1 Å². The van der Waals surface area contributed by atoms with Crippen molar-refractivity contribution in [1.82, 2.24) is 9.97 Å². The van der Waals surface area contributed by atoms with Crippen LogP contribution in [0.2, 0.25) is 0 Å². The molecule has 0 aliphatic carbocycles. The lowest BCUT2D eigenvalue weighted by molar-refractivity contribution is 0.0527. The van der Waals surface area contributed by atoms with Crippen LogP contribution in [0.3, 0.4) is 0 Å². The van der Waals surface area contributed by atoms with E-state index in [0.717, 1.165) is 35.4 Å². The topological polar surface area (TPSA) is 67.4 Å². The first-order chi connectivity index (χ1) is 12.3. The van der Waals surface area contributed by atoms with Crippen LogP contribution in [0.25, 0.3) is 11.0 Å². The maximum atomic E-state index is 12.4. The van der Waals surface area contributed by atoms with E-state index >= 15 is 0 Å². The molecule has 1 aromatic carbocycles. The molecule has 0 amide bonds. The fourth-order valence-electron chi connectivity index (χ4n) is 3.11. The molecule has 128 valence electrons. The number of hydrogen-bond acceptors (Lipinski definition) is 5. The number of carbonyl (C=O) groups is 1. The molecule has 1 aliphatic heterocycles. The number of anilines is 2. The number of nitrogens with one attached hydrogen (secondary N) is 1. The zero-order chi connectivity index (χ0) is 17.2. The predicted molar refractivity (Wildman–Crippen MR) is 95.6 cm³/mol. The molecule has 2 aromatic heterocycles. The molecule has 3 aromatic rings. The van der Waals surface area contributed by atoms with E-state index in [0.29, 0.717) is 24.7 Å². The number of para-hydroxylation sites is 1. The van der Waals surface area contributed by atoms with Crippen LogP contribution in [0.15, 0.2) is 42.6 Å². The summed E-state index contributed by atoms with van der Waals surface area (Å²) in [6.45, 7) is 3.48. The van der Waals surface area contributed by atoms with Gasteiger partial charge in [0.05, 0.1) is 24.5 Å². The van der Waals surface area contributed by atoms with Gasteiger partial charge in [0.1, 0.15) is 11.3 Å². The highest BCUT2D eigenvalue weighted by molar-refractivity contribution is 5.97. The number of pyridine rings is 1. The number of ether oxygens (including phenoxy) is 2. The number of rotatable bonds is 3. The summed E-state index contributed by atoms with van der Waals surface area (Å²) in [5.74, 6) is 0.256. The number of H-pyrrole nitrogens is 1. The van der Waals surface area contributed by atoms with Crippen LogP contribution in [0, 0.1) is 0 Å². The second-order valence-electron chi connectivity index (χ2n) is 5.82. The van der Waals surface area contributed by atoms with Gasteiger partial charge >= 0.3 is 5.97 Å². The first-order valence-corrected chi connectivity index (χ1v) is 8.42. The third-order valence-electron chi connectivity index (χ3n) is 4.23. The maximum Gasteiger partial charge on any atom is 0.340 e. The van der Waals surface area contributed by atoms with E-state index in [-0.39, 0.29) is 5.97 Å². The van der Waals surface area contributed by atoms with E-state index in [1.807, 2.05) is 43.5 Å². The summed E-state index contributed by atoms with van der Waals surface area (Å²) in [6.07, 6.45) is 2.69. The van der Waals surface area contributed by atoms with Crippen molar-refractivity contribution < 1.29 is 14.3 Å². The predicted octanol–water partition coefficient (Wildman–Crippen LogP) is 3.66. The zero-order valence-electron chi connectivity index (χ0n) is 14.0. The Balaban J connectivity index is 1.85. The van der Waals surface area contributed by atoms with Crippen LogP contribution in [0.4, 0.5) is 11.4 Å². The Morgan fingerprint density at radius 2 is 2.20 bits per heavy atom. The SMILES string of the molecule is CCOC(=O)c1ccccc1N1CCCOc2nc3[nH]ccc3cc21. The molecular formula is C19H19N3O3. The second-order valence-corrected chi connectivity index (χ2v) is 5.82. The number of nitrogens with zero attached hydrogens (tertiary/aromatic N) is 2. The fourth-order valence-corrected chi connectivity index (χ4v) is 3.11. The minimum Gasteiger partial charge on any atom is -0.476 e. The van der Waals surface area contributed by atoms with Gasteiger partial charge < -0.3 is 19.4 Å². The van der Waals surface area contributed by atoms with Gasteiger partial charge in [-0.3, -0.25) is 0 Å². The summed E-state index contributed by atoms with van der Waals surface area (Å²) in [7, 11) is 0. The van der Waals surface area contributed by atoms with Gasteiger partial charge in [0, 0.05) is 18.1 Å². The van der Waals surface area contributed by atoms with Gasteiger partial charge in [0.25, 0.3) is 0 Å². The molecule has 0 bridgehead atoms. The highest BCUT2D eigenvalue weighted by atomic mass is 16.5. The van der Waals surface area contributed by atoms with Crippen LogP contribution in [0.1, 0.15) is 23.7 Å². The van der Waals surface area contributed by atoms with Gasteiger partial charge in [0.2, 0.25) is 5.88 Å². The van der Waals surface area contributed by atoms with Crippen LogP contribution < -0.4 is 9.64 Å². The number of carbonyl (C=O) groups excluding carboxylic acids is 1. The van der Waals surface area contributed by atoms with Crippen molar-refractivity contribution in [1.29, 1.82) is 0 Å². The molecular weight excluding hydrogens is 318 g/mol. The Labute approximate surface area is 145 Å². The molecule has 0 radical (unpaired) electrons. The van der Waals surface area contributed by atoms with E-state index < -0.39 is 0 Å². The van der Waals surface area contributed by atoms with Crippen LogP contribution in [0.5, 0.6) is 5.88 Å². The molecule has 0 atom stereocenters. The minimum atomic E-state index is -0.319. The summed E-state index contributed by atoms with van der Waals surface area (Å²) in [6, 6.07) is 11.5. The Morgan fingerprint density at radius 3 is 3.08 bits per heavy atom. The fraction of sp³-hybridized carbons (Fsp3) is 0.263. The molecule has 6 heteroatoms. The van der Waals surface area contributed by atoms with Gasteiger partial charge in [-0.05, 0) is 37.6 Å². The molecule has 4 rings (SSSR count). The number of fused-ring (bicyclic) bond motifs is 2. The van der Waals surface area contributed by atoms with E-state index in [2.05, 4.69) is 14.9 Å². The quantitative estimate of drug-likeness (QED) is 0.739. The Bertz CT molecular complexity index is 919.